The lowest BCUT2D eigenvalue weighted by Crippen LogP contribution is -2.34. The summed E-state index contributed by atoms with van der Waals surface area (Å²) in [6.07, 6.45) is -0.245. The lowest BCUT2D eigenvalue weighted by Gasteiger charge is -2.23. The number of aromatic nitrogens is 4. The molecule has 4 rings (SSSR count). The molecule has 7 atom stereocenters. The number of hydrogen-bond acceptors (Lipinski definition) is 12. The molecular formula is C12H13FN5O13P3. The van der Waals surface area contributed by atoms with Crippen LogP contribution in [0.15, 0.2) is 11.1 Å². The van der Waals surface area contributed by atoms with Crippen molar-refractivity contribution in [2.45, 2.75) is 29.7 Å². The van der Waals surface area contributed by atoms with Crippen LogP contribution in [0.2, 0.25) is 0 Å². The van der Waals surface area contributed by atoms with E-state index in [0.29, 0.717) is 0 Å². The molecule has 3 unspecified atom stereocenters. The molecule has 1 saturated heterocycles. The van der Waals surface area contributed by atoms with E-state index in [9.17, 15) is 33.4 Å². The van der Waals surface area contributed by atoms with Crippen LogP contribution in [0.1, 0.15) is 6.23 Å². The normalized spacial score (nSPS) is 34.2. The second-order valence-electron chi connectivity index (χ2n) is 6.97. The van der Waals surface area contributed by atoms with Gasteiger partial charge >= 0.3 is 23.5 Å². The van der Waals surface area contributed by atoms with Gasteiger partial charge in [-0.25, -0.2) is 23.1 Å². The molecule has 0 bridgehead atoms. The third-order valence-corrected chi connectivity index (χ3v) is 8.66. The molecule has 34 heavy (non-hydrogen) atoms. The number of nitrogens with zero attached hydrogens (tertiary/aromatic N) is 3. The Morgan fingerprint density at radius 1 is 1.26 bits per heavy atom. The van der Waals surface area contributed by atoms with Crippen LogP contribution in [0.3, 0.4) is 0 Å². The fourth-order valence-corrected chi connectivity index (χ4v) is 6.77. The molecule has 18 nitrogen and oxygen atoms in total. The monoisotopic (exact) mass is 547 g/mol. The SMILES string of the molecule is C#C[C@]12O[C@@H](n3cnc4c(=O)[nH]c(N)nc43)[C@H](F)[C@@]1(O)C2OP(=O)(O)OP(=O)(O)OP(=O)(O)O. The van der Waals surface area contributed by atoms with Gasteiger partial charge < -0.3 is 35.2 Å². The molecule has 1 aliphatic heterocycles. The van der Waals surface area contributed by atoms with E-state index in [1.807, 2.05) is 5.92 Å². The maximum absolute atomic E-state index is 15.3. The second kappa shape index (κ2) is 7.48. The molecule has 1 saturated carbocycles. The van der Waals surface area contributed by atoms with Gasteiger partial charge in [-0.1, -0.05) is 5.92 Å². The molecule has 0 aromatic carbocycles. The Labute approximate surface area is 185 Å². The van der Waals surface area contributed by atoms with Gasteiger partial charge in [-0.15, -0.1) is 6.42 Å². The summed E-state index contributed by atoms with van der Waals surface area (Å²) in [6.45, 7) is 0. The minimum Gasteiger partial charge on any atom is -0.380 e. The second-order valence-corrected chi connectivity index (χ2v) is 11.3. The third-order valence-electron chi connectivity index (χ3n) is 4.85. The fourth-order valence-electron chi connectivity index (χ4n) is 3.53. The van der Waals surface area contributed by atoms with E-state index in [1.54, 1.807) is 0 Å². The Morgan fingerprint density at radius 2 is 1.91 bits per heavy atom. The van der Waals surface area contributed by atoms with Crippen molar-refractivity contribution in [1.82, 2.24) is 19.5 Å². The average molecular weight is 547 g/mol. The number of alkyl halides is 1. The first-order valence-electron chi connectivity index (χ1n) is 8.53. The van der Waals surface area contributed by atoms with Crippen molar-refractivity contribution in [3.63, 3.8) is 0 Å². The summed E-state index contributed by atoms with van der Waals surface area (Å²) >= 11 is 0. The number of nitrogens with two attached hydrogens (primary N) is 1. The van der Waals surface area contributed by atoms with Gasteiger partial charge in [-0.3, -0.25) is 18.9 Å². The van der Waals surface area contributed by atoms with Gasteiger partial charge in [0.1, 0.15) is 6.10 Å². The molecule has 8 N–H and O–H groups in total. The van der Waals surface area contributed by atoms with Crippen LogP contribution < -0.4 is 11.3 Å². The number of imidazole rings is 1. The summed E-state index contributed by atoms with van der Waals surface area (Å²) in [5, 5.41) is 10.8. The number of fused-ring (bicyclic) bond motifs is 2. The molecule has 0 radical (unpaired) electrons. The van der Waals surface area contributed by atoms with Crippen LogP contribution in [0.4, 0.5) is 10.3 Å². The van der Waals surface area contributed by atoms with Crippen LogP contribution in [0.5, 0.6) is 0 Å². The number of nitrogen functional groups attached to an aromatic ring is 1. The van der Waals surface area contributed by atoms with E-state index in [2.05, 4.69) is 28.1 Å². The van der Waals surface area contributed by atoms with Gasteiger partial charge in [-0.2, -0.15) is 13.6 Å². The number of anilines is 1. The van der Waals surface area contributed by atoms with Crippen LogP contribution in [-0.4, -0.2) is 67.7 Å². The van der Waals surface area contributed by atoms with Crippen molar-refractivity contribution in [2.24, 2.45) is 0 Å². The van der Waals surface area contributed by atoms with Gasteiger partial charge in [0.2, 0.25) is 5.95 Å². The molecular weight excluding hydrogens is 534 g/mol. The third kappa shape index (κ3) is 3.84. The minimum absolute atomic E-state index is 0.254. The number of hydrogen-bond donors (Lipinski definition) is 7. The van der Waals surface area contributed by atoms with E-state index in [-0.39, 0.29) is 17.1 Å². The highest BCUT2D eigenvalue weighted by Gasteiger charge is 2.90. The van der Waals surface area contributed by atoms with Gasteiger partial charge in [0.15, 0.2) is 34.8 Å². The Hall–Kier alpha value is -2.03. The zero-order chi connectivity index (χ0) is 25.5. The smallest absolute Gasteiger partial charge is 0.380 e. The van der Waals surface area contributed by atoms with Gasteiger partial charge in [0.25, 0.3) is 5.56 Å². The molecule has 3 heterocycles. The van der Waals surface area contributed by atoms with Gasteiger partial charge in [0, 0.05) is 0 Å². The van der Waals surface area contributed by atoms with Crippen molar-refractivity contribution in [2.75, 3.05) is 5.73 Å². The van der Waals surface area contributed by atoms with Crippen LogP contribution in [-0.2, 0) is 31.6 Å². The zero-order valence-electron chi connectivity index (χ0n) is 16.0. The zero-order valence-corrected chi connectivity index (χ0v) is 18.7. The summed E-state index contributed by atoms with van der Waals surface area (Å²) in [4.78, 5) is 57.6. The first-order chi connectivity index (χ1) is 15.5. The molecule has 2 aliphatic rings. The number of rotatable bonds is 7. The van der Waals surface area contributed by atoms with Crippen LogP contribution in [0, 0.1) is 12.3 Å². The van der Waals surface area contributed by atoms with Crippen molar-refractivity contribution in [1.29, 1.82) is 0 Å². The molecule has 2 fully saturated rings. The van der Waals surface area contributed by atoms with Crippen LogP contribution in [0.25, 0.3) is 11.2 Å². The molecule has 1 aliphatic carbocycles. The highest BCUT2D eigenvalue weighted by Crippen LogP contribution is 2.72. The van der Waals surface area contributed by atoms with Crippen LogP contribution >= 0.6 is 23.5 Å². The number of aromatic amines is 1. The standard InChI is InChI=1S/C12H13FN5O13P3/c1-2-11-9(29-33(24,25)31-34(26,27)30-32(21,22)23)12(11,20)5(13)8(28-11)18-3-15-4-6(18)16-10(14)17-7(4)19/h1,3,5,8-9,20H,(H,24,25)(H,26,27)(H2,21,22,23)(H3,14,16,17,19)/t5-,8+,9?,11+,12+/m0/s1. The maximum atomic E-state index is 15.3. The first-order valence-corrected chi connectivity index (χ1v) is 13.0. The van der Waals surface area contributed by atoms with E-state index >= 15 is 4.39 Å². The van der Waals surface area contributed by atoms with Gasteiger partial charge in [0.05, 0.1) is 6.33 Å². The molecule has 22 heteroatoms. The summed E-state index contributed by atoms with van der Waals surface area (Å²) < 4.78 is 67.4. The number of ether oxygens (including phenoxy) is 1. The minimum atomic E-state index is -5.88. The summed E-state index contributed by atoms with van der Waals surface area (Å²) in [7, 11) is -17.3. The Kier molecular flexibility index (Phi) is 5.52. The predicted molar refractivity (Wildman–Crippen MR) is 103 cm³/mol. The predicted octanol–water partition coefficient (Wildman–Crippen LogP) is -1.60. The lowest BCUT2D eigenvalue weighted by atomic mass is 10.1. The summed E-state index contributed by atoms with van der Waals surface area (Å²) in [5.74, 6) is 1.51. The van der Waals surface area contributed by atoms with Crippen molar-refractivity contribution < 1.29 is 60.6 Å². The number of H-pyrrole nitrogens is 1. The Morgan fingerprint density at radius 3 is 2.47 bits per heavy atom. The number of halogens is 1. The van der Waals surface area contributed by atoms with Crippen molar-refractivity contribution in [3.8, 4) is 12.3 Å². The molecule has 186 valence electrons. The topological polar surface area (TPSA) is 279 Å². The number of phosphoric acid groups is 3. The van der Waals surface area contributed by atoms with Crippen molar-refractivity contribution >= 4 is 40.6 Å². The first kappa shape index (κ1) is 25.1. The largest absolute Gasteiger partial charge is 0.490 e. The van der Waals surface area contributed by atoms with Crippen molar-refractivity contribution in [3.05, 3.63) is 16.7 Å². The molecule has 2 aromatic rings. The summed E-state index contributed by atoms with van der Waals surface area (Å²) in [5.41, 5.74) is -1.11. The Bertz CT molecular complexity index is 1430. The van der Waals surface area contributed by atoms with E-state index in [1.165, 1.54) is 0 Å². The molecule has 0 spiro atoms. The number of nitrogens with one attached hydrogen (secondary N) is 1. The average Bonchev–Trinajstić information content (AvgIpc) is 2.92. The van der Waals surface area contributed by atoms with E-state index in [0.717, 1.165) is 10.9 Å². The number of terminal acetylenes is 1. The summed E-state index contributed by atoms with van der Waals surface area (Å²) in [6, 6.07) is 0. The highest BCUT2D eigenvalue weighted by atomic mass is 31.3. The highest BCUT2D eigenvalue weighted by molar-refractivity contribution is 7.66. The lowest BCUT2D eigenvalue weighted by molar-refractivity contribution is -0.0726. The number of phosphoric ester groups is 1. The molecule has 2 aromatic heterocycles. The van der Waals surface area contributed by atoms with Gasteiger partial charge in [-0.05, 0) is 0 Å². The Balaban J connectivity index is 1.60. The van der Waals surface area contributed by atoms with E-state index in [4.69, 9.17) is 26.7 Å². The number of aliphatic hydroxyl groups is 1. The fraction of sp³-hybridized carbons (Fsp3) is 0.417. The quantitative estimate of drug-likeness (QED) is 0.152. The maximum Gasteiger partial charge on any atom is 0.490 e. The van der Waals surface area contributed by atoms with E-state index < -0.39 is 58.7 Å². The molecule has 0 amide bonds.